The van der Waals surface area contributed by atoms with E-state index >= 15 is 0 Å². The number of carbonyl (C=O) groups is 1. The molecule has 0 unspecified atom stereocenters. The fourth-order valence-corrected chi connectivity index (χ4v) is 2.40. The van der Waals surface area contributed by atoms with Gasteiger partial charge in [0.15, 0.2) is 5.78 Å². The average Bonchev–Trinajstić information content (AvgIpc) is 2.70. The number of aromatic nitrogens is 4. The molecule has 0 saturated carbocycles. The van der Waals surface area contributed by atoms with Gasteiger partial charge in [0.2, 0.25) is 5.13 Å². The maximum Gasteiger partial charge on any atom is 0.233 e. The first-order valence-electron chi connectivity index (χ1n) is 4.88. The number of aryl methyl sites for hydroxylation is 2. The molecule has 6 heteroatoms. The van der Waals surface area contributed by atoms with Crippen molar-refractivity contribution < 1.29 is 4.79 Å². The quantitative estimate of drug-likeness (QED) is 0.747. The van der Waals surface area contributed by atoms with Crippen molar-refractivity contribution in [2.75, 3.05) is 0 Å². The Balaban J connectivity index is 2.59. The van der Waals surface area contributed by atoms with Crippen LogP contribution in [0.5, 0.6) is 0 Å². The number of rotatable bonds is 2. The second-order valence-electron chi connectivity index (χ2n) is 3.62. The van der Waals surface area contributed by atoms with Crippen LogP contribution in [0.15, 0.2) is 0 Å². The van der Waals surface area contributed by atoms with E-state index in [0.29, 0.717) is 10.7 Å². The molecule has 0 atom stereocenters. The van der Waals surface area contributed by atoms with Crippen molar-refractivity contribution in [3.63, 3.8) is 0 Å². The molecule has 16 heavy (non-hydrogen) atoms. The molecule has 2 heterocycles. The second-order valence-corrected chi connectivity index (χ2v) is 4.78. The van der Waals surface area contributed by atoms with E-state index in [1.807, 2.05) is 20.8 Å². The van der Waals surface area contributed by atoms with Gasteiger partial charge in [0.05, 0.1) is 17.0 Å². The maximum atomic E-state index is 11.5. The lowest BCUT2D eigenvalue weighted by molar-refractivity contribution is 0.101. The van der Waals surface area contributed by atoms with Gasteiger partial charge in [-0.3, -0.25) is 4.79 Å². The van der Waals surface area contributed by atoms with Gasteiger partial charge in [0, 0.05) is 0 Å². The molecule has 5 nitrogen and oxygen atoms in total. The van der Waals surface area contributed by atoms with E-state index in [9.17, 15) is 4.79 Å². The molecule has 0 radical (unpaired) electrons. The van der Waals surface area contributed by atoms with E-state index in [0.717, 1.165) is 16.4 Å². The Morgan fingerprint density at radius 3 is 2.38 bits per heavy atom. The van der Waals surface area contributed by atoms with E-state index in [1.165, 1.54) is 11.3 Å². The topological polar surface area (TPSA) is 60.7 Å². The summed E-state index contributed by atoms with van der Waals surface area (Å²) < 4.78 is 1.68. The van der Waals surface area contributed by atoms with Gasteiger partial charge in [-0.1, -0.05) is 11.3 Å². The van der Waals surface area contributed by atoms with Crippen molar-refractivity contribution in [2.24, 2.45) is 0 Å². The minimum atomic E-state index is 0.0301. The zero-order valence-corrected chi connectivity index (χ0v) is 10.4. The van der Waals surface area contributed by atoms with Crippen LogP contribution in [0.4, 0.5) is 0 Å². The Bertz CT molecular complexity index is 555. The van der Waals surface area contributed by atoms with Gasteiger partial charge in [0.1, 0.15) is 5.01 Å². The number of ketones is 1. The molecule has 0 amide bonds. The van der Waals surface area contributed by atoms with E-state index in [2.05, 4.69) is 15.3 Å². The molecular formula is C10H12N4OS. The van der Waals surface area contributed by atoms with Crippen molar-refractivity contribution in [1.29, 1.82) is 0 Å². The Kier molecular flexibility index (Phi) is 2.59. The van der Waals surface area contributed by atoms with Gasteiger partial charge in [-0.2, -0.15) is 5.10 Å². The number of hydrogen-bond acceptors (Lipinski definition) is 5. The van der Waals surface area contributed by atoms with Crippen molar-refractivity contribution in [2.45, 2.75) is 27.7 Å². The molecule has 0 bridgehead atoms. The maximum absolute atomic E-state index is 11.5. The van der Waals surface area contributed by atoms with Crippen LogP contribution >= 0.6 is 11.3 Å². The molecule has 0 aromatic carbocycles. The van der Waals surface area contributed by atoms with Crippen LogP contribution in [0.2, 0.25) is 0 Å². The normalized spacial score (nSPS) is 10.8. The highest BCUT2D eigenvalue weighted by Gasteiger charge is 2.17. The van der Waals surface area contributed by atoms with Crippen molar-refractivity contribution in [3.8, 4) is 5.13 Å². The summed E-state index contributed by atoms with van der Waals surface area (Å²) in [6, 6.07) is 0. The molecule has 84 valence electrons. The summed E-state index contributed by atoms with van der Waals surface area (Å²) in [5.74, 6) is 0.0301. The number of nitrogens with zero attached hydrogens (tertiary/aromatic N) is 4. The zero-order valence-electron chi connectivity index (χ0n) is 9.61. The summed E-state index contributed by atoms with van der Waals surface area (Å²) >= 11 is 1.46. The monoisotopic (exact) mass is 236 g/mol. The smallest absolute Gasteiger partial charge is 0.233 e. The van der Waals surface area contributed by atoms with E-state index in [4.69, 9.17) is 0 Å². The van der Waals surface area contributed by atoms with Crippen molar-refractivity contribution in [3.05, 3.63) is 22.0 Å². The van der Waals surface area contributed by atoms with Crippen LogP contribution in [-0.2, 0) is 0 Å². The van der Waals surface area contributed by atoms with Crippen LogP contribution < -0.4 is 0 Å². The molecule has 2 aromatic heterocycles. The molecule has 0 aliphatic heterocycles. The highest BCUT2D eigenvalue weighted by Crippen LogP contribution is 2.20. The van der Waals surface area contributed by atoms with Gasteiger partial charge in [-0.25, -0.2) is 4.68 Å². The summed E-state index contributed by atoms with van der Waals surface area (Å²) in [5, 5.41) is 13.9. The fraction of sp³-hybridized carbons (Fsp3) is 0.400. The summed E-state index contributed by atoms with van der Waals surface area (Å²) in [7, 11) is 0. The van der Waals surface area contributed by atoms with Gasteiger partial charge < -0.3 is 0 Å². The van der Waals surface area contributed by atoms with Gasteiger partial charge in [-0.15, -0.1) is 10.2 Å². The Labute approximate surface area is 97.1 Å². The molecule has 0 saturated heterocycles. The van der Waals surface area contributed by atoms with Crippen LogP contribution in [0.1, 0.15) is 33.7 Å². The Hall–Kier alpha value is -1.56. The SMILES string of the molecule is CC(=O)c1c(C)nn(-c2nnc(C)s2)c1C. The molecule has 0 aliphatic rings. The molecular weight excluding hydrogens is 224 g/mol. The van der Waals surface area contributed by atoms with E-state index in [1.54, 1.807) is 11.6 Å². The predicted octanol–water partition coefficient (Wildman–Crippen LogP) is 1.85. The number of Topliss-reactive ketones (excluding diaryl/α,β-unsaturated/α-hetero) is 1. The minimum Gasteiger partial charge on any atom is -0.294 e. The second kappa shape index (κ2) is 3.79. The largest absolute Gasteiger partial charge is 0.294 e. The van der Waals surface area contributed by atoms with E-state index in [-0.39, 0.29) is 5.78 Å². The third-order valence-electron chi connectivity index (χ3n) is 2.34. The Morgan fingerprint density at radius 2 is 1.94 bits per heavy atom. The van der Waals surface area contributed by atoms with Gasteiger partial charge >= 0.3 is 0 Å². The summed E-state index contributed by atoms with van der Waals surface area (Å²) in [4.78, 5) is 11.5. The zero-order chi connectivity index (χ0) is 11.9. The van der Waals surface area contributed by atoms with Crippen LogP contribution in [-0.4, -0.2) is 25.8 Å². The molecule has 0 N–H and O–H groups in total. The molecule has 2 rings (SSSR count). The summed E-state index contributed by atoms with van der Waals surface area (Å²) in [6.07, 6.45) is 0. The highest BCUT2D eigenvalue weighted by molar-refractivity contribution is 7.13. The molecule has 0 fully saturated rings. The summed E-state index contributed by atoms with van der Waals surface area (Å²) in [6.45, 7) is 7.13. The average molecular weight is 236 g/mol. The summed E-state index contributed by atoms with van der Waals surface area (Å²) in [5.41, 5.74) is 2.23. The fourth-order valence-electron chi connectivity index (χ4n) is 1.71. The lowest BCUT2D eigenvalue weighted by atomic mass is 10.1. The molecule has 2 aromatic rings. The third-order valence-corrected chi connectivity index (χ3v) is 3.15. The first-order valence-corrected chi connectivity index (χ1v) is 5.70. The Morgan fingerprint density at radius 1 is 1.25 bits per heavy atom. The third kappa shape index (κ3) is 1.65. The highest BCUT2D eigenvalue weighted by atomic mass is 32.1. The number of carbonyl (C=O) groups excluding carboxylic acids is 1. The van der Waals surface area contributed by atoms with E-state index < -0.39 is 0 Å². The van der Waals surface area contributed by atoms with Crippen molar-refractivity contribution in [1.82, 2.24) is 20.0 Å². The lowest BCUT2D eigenvalue weighted by Gasteiger charge is -1.97. The van der Waals surface area contributed by atoms with Crippen LogP contribution in [0.3, 0.4) is 0 Å². The van der Waals surface area contributed by atoms with Crippen LogP contribution in [0.25, 0.3) is 5.13 Å². The first kappa shape index (κ1) is 10.9. The van der Waals surface area contributed by atoms with Crippen molar-refractivity contribution >= 4 is 17.1 Å². The predicted molar refractivity (Wildman–Crippen MR) is 61.2 cm³/mol. The van der Waals surface area contributed by atoms with Crippen LogP contribution in [0, 0.1) is 20.8 Å². The molecule has 0 aliphatic carbocycles. The lowest BCUT2D eigenvalue weighted by Crippen LogP contribution is -2.00. The standard InChI is InChI=1S/C10H12N4OS/c1-5-9(7(3)15)6(2)14(13-5)10-12-11-8(4)16-10/h1-4H3. The molecule has 0 spiro atoms. The van der Waals surface area contributed by atoms with Gasteiger partial charge in [-0.05, 0) is 27.7 Å². The first-order chi connectivity index (χ1) is 7.50. The minimum absolute atomic E-state index is 0.0301. The van der Waals surface area contributed by atoms with Gasteiger partial charge in [0.25, 0.3) is 0 Å². The number of hydrogen-bond donors (Lipinski definition) is 0.